The van der Waals surface area contributed by atoms with Crippen molar-refractivity contribution in [3.63, 3.8) is 0 Å². The van der Waals surface area contributed by atoms with Crippen molar-refractivity contribution in [1.29, 1.82) is 0 Å². The highest BCUT2D eigenvalue weighted by atomic mass is 16.5. The first-order chi connectivity index (χ1) is 9.85. The van der Waals surface area contributed by atoms with Gasteiger partial charge in [-0.25, -0.2) is 9.50 Å². The Kier molecular flexibility index (Phi) is 3.50. The highest BCUT2D eigenvalue weighted by Crippen LogP contribution is 2.13. The second kappa shape index (κ2) is 5.61. The van der Waals surface area contributed by atoms with Crippen LogP contribution >= 0.6 is 0 Å². The fraction of sp³-hybridized carbons (Fsp3) is 0.200. The Balaban J connectivity index is 1.61. The molecule has 0 atom stereocenters. The van der Waals surface area contributed by atoms with Crippen molar-refractivity contribution >= 4 is 11.5 Å². The minimum Gasteiger partial charge on any atom is -0.497 e. The molecule has 2 heterocycles. The molecule has 1 aromatic carbocycles. The Morgan fingerprint density at radius 2 is 2.20 bits per heavy atom. The summed E-state index contributed by atoms with van der Waals surface area (Å²) in [7, 11) is 1.68. The number of benzene rings is 1. The maximum absolute atomic E-state index is 5.22. The maximum atomic E-state index is 5.22. The van der Waals surface area contributed by atoms with E-state index in [1.807, 2.05) is 30.5 Å². The first kappa shape index (κ1) is 12.5. The molecule has 5 nitrogen and oxygen atoms in total. The lowest BCUT2D eigenvalue weighted by Gasteiger charge is -2.07. The average Bonchev–Trinajstić information content (AvgIpc) is 2.95. The molecule has 2 aromatic heterocycles. The quantitative estimate of drug-likeness (QED) is 0.772. The van der Waals surface area contributed by atoms with Gasteiger partial charge in [0.1, 0.15) is 11.6 Å². The largest absolute Gasteiger partial charge is 0.497 e. The smallest absolute Gasteiger partial charge is 0.157 e. The fourth-order valence-electron chi connectivity index (χ4n) is 2.07. The van der Waals surface area contributed by atoms with Crippen LogP contribution in [0.1, 0.15) is 5.56 Å². The van der Waals surface area contributed by atoms with Crippen LogP contribution in [-0.4, -0.2) is 28.3 Å². The predicted octanol–water partition coefficient (Wildman–Crippen LogP) is 2.39. The summed E-state index contributed by atoms with van der Waals surface area (Å²) in [6.07, 6.45) is 4.56. The fourth-order valence-corrected chi connectivity index (χ4v) is 2.07. The van der Waals surface area contributed by atoms with E-state index in [0.29, 0.717) is 0 Å². The normalized spacial score (nSPS) is 10.7. The van der Waals surface area contributed by atoms with Crippen molar-refractivity contribution < 1.29 is 4.74 Å². The molecule has 0 radical (unpaired) electrons. The number of ether oxygens (including phenoxy) is 1. The zero-order valence-electron chi connectivity index (χ0n) is 11.3. The van der Waals surface area contributed by atoms with Crippen LogP contribution in [0.3, 0.4) is 0 Å². The number of nitrogens with one attached hydrogen (secondary N) is 1. The van der Waals surface area contributed by atoms with Crippen LogP contribution in [-0.2, 0) is 6.42 Å². The van der Waals surface area contributed by atoms with Gasteiger partial charge in [-0.05, 0) is 30.2 Å². The Bertz CT molecular complexity index is 708. The van der Waals surface area contributed by atoms with Crippen molar-refractivity contribution in [2.45, 2.75) is 6.42 Å². The number of anilines is 1. The third kappa shape index (κ3) is 2.71. The Labute approximate surface area is 117 Å². The van der Waals surface area contributed by atoms with Gasteiger partial charge in [0.2, 0.25) is 0 Å². The molecule has 0 aliphatic carbocycles. The molecule has 20 heavy (non-hydrogen) atoms. The van der Waals surface area contributed by atoms with Crippen molar-refractivity contribution in [2.75, 3.05) is 19.0 Å². The topological polar surface area (TPSA) is 51.5 Å². The third-order valence-electron chi connectivity index (χ3n) is 3.11. The molecule has 0 aliphatic rings. The number of methoxy groups -OCH3 is 1. The Hall–Kier alpha value is -2.56. The molecule has 5 heteroatoms. The second-order valence-electron chi connectivity index (χ2n) is 4.48. The van der Waals surface area contributed by atoms with Crippen LogP contribution in [0.15, 0.2) is 48.8 Å². The molecule has 0 fully saturated rings. The molecule has 3 aromatic rings. The summed E-state index contributed by atoms with van der Waals surface area (Å²) in [5, 5.41) is 7.44. The lowest BCUT2D eigenvalue weighted by Crippen LogP contribution is -2.07. The summed E-state index contributed by atoms with van der Waals surface area (Å²) < 4.78 is 6.96. The van der Waals surface area contributed by atoms with Gasteiger partial charge in [-0.2, -0.15) is 5.10 Å². The van der Waals surface area contributed by atoms with E-state index in [9.17, 15) is 0 Å². The predicted molar refractivity (Wildman–Crippen MR) is 78.2 cm³/mol. The third-order valence-corrected chi connectivity index (χ3v) is 3.11. The molecule has 0 saturated carbocycles. The molecular formula is C15H16N4O. The Morgan fingerprint density at radius 1 is 1.25 bits per heavy atom. The van der Waals surface area contributed by atoms with Crippen LogP contribution in [0.4, 0.5) is 5.82 Å². The molecule has 0 saturated heterocycles. The van der Waals surface area contributed by atoms with Crippen LogP contribution in [0.25, 0.3) is 5.65 Å². The first-order valence-corrected chi connectivity index (χ1v) is 6.52. The summed E-state index contributed by atoms with van der Waals surface area (Å²) >= 11 is 0. The summed E-state index contributed by atoms with van der Waals surface area (Å²) in [6, 6.07) is 11.9. The molecular weight excluding hydrogens is 252 g/mol. The van der Waals surface area contributed by atoms with E-state index in [1.165, 1.54) is 5.56 Å². The lowest BCUT2D eigenvalue weighted by molar-refractivity contribution is 0.414. The summed E-state index contributed by atoms with van der Waals surface area (Å²) in [5.74, 6) is 1.75. The van der Waals surface area contributed by atoms with E-state index in [2.05, 4.69) is 27.5 Å². The van der Waals surface area contributed by atoms with Crippen LogP contribution in [0.2, 0.25) is 0 Å². The van der Waals surface area contributed by atoms with E-state index in [0.717, 1.165) is 30.2 Å². The summed E-state index contributed by atoms with van der Waals surface area (Å²) in [4.78, 5) is 4.46. The molecule has 0 aliphatic heterocycles. The number of aromatic nitrogens is 3. The SMILES string of the molecule is COc1cccc(CCNc2ccn3nccc3n2)c1. The van der Waals surface area contributed by atoms with Crippen molar-refractivity contribution in [1.82, 2.24) is 14.6 Å². The average molecular weight is 268 g/mol. The van der Waals surface area contributed by atoms with Gasteiger partial charge in [-0.15, -0.1) is 0 Å². The molecule has 0 amide bonds. The second-order valence-corrected chi connectivity index (χ2v) is 4.48. The lowest BCUT2D eigenvalue weighted by atomic mass is 10.1. The molecule has 102 valence electrons. The number of nitrogens with zero attached hydrogens (tertiary/aromatic N) is 3. The van der Waals surface area contributed by atoms with Gasteiger partial charge in [-0.1, -0.05) is 12.1 Å². The molecule has 3 rings (SSSR count). The molecule has 1 N–H and O–H groups in total. The number of rotatable bonds is 5. The first-order valence-electron chi connectivity index (χ1n) is 6.52. The van der Waals surface area contributed by atoms with Crippen molar-refractivity contribution in [2.24, 2.45) is 0 Å². The number of hydrogen-bond acceptors (Lipinski definition) is 4. The zero-order chi connectivity index (χ0) is 13.8. The van der Waals surface area contributed by atoms with Gasteiger partial charge in [0.15, 0.2) is 5.65 Å². The van der Waals surface area contributed by atoms with Gasteiger partial charge in [-0.3, -0.25) is 0 Å². The minimum absolute atomic E-state index is 0.824. The highest BCUT2D eigenvalue weighted by Gasteiger charge is 1.99. The zero-order valence-corrected chi connectivity index (χ0v) is 11.3. The molecule has 0 unspecified atom stereocenters. The summed E-state index contributed by atoms with van der Waals surface area (Å²) in [5.41, 5.74) is 2.08. The maximum Gasteiger partial charge on any atom is 0.157 e. The van der Waals surface area contributed by atoms with E-state index in [1.54, 1.807) is 17.8 Å². The summed E-state index contributed by atoms with van der Waals surface area (Å²) in [6.45, 7) is 0.824. The molecule has 0 bridgehead atoms. The number of fused-ring (bicyclic) bond motifs is 1. The Morgan fingerprint density at radius 3 is 3.10 bits per heavy atom. The monoisotopic (exact) mass is 268 g/mol. The van der Waals surface area contributed by atoms with E-state index in [4.69, 9.17) is 4.74 Å². The van der Waals surface area contributed by atoms with Crippen LogP contribution in [0, 0.1) is 0 Å². The van der Waals surface area contributed by atoms with E-state index in [-0.39, 0.29) is 0 Å². The van der Waals surface area contributed by atoms with Crippen molar-refractivity contribution in [3.05, 3.63) is 54.4 Å². The van der Waals surface area contributed by atoms with Gasteiger partial charge in [0.05, 0.1) is 13.3 Å². The minimum atomic E-state index is 0.824. The standard InChI is InChI=1S/C15H16N4O/c1-20-13-4-2-3-12(11-13)5-8-16-14-7-10-19-15(18-14)6-9-17-19/h2-4,6-7,9-11H,5,8H2,1H3,(H,16,18). The van der Waals surface area contributed by atoms with Gasteiger partial charge in [0, 0.05) is 18.8 Å². The number of hydrogen-bond donors (Lipinski definition) is 1. The van der Waals surface area contributed by atoms with Crippen LogP contribution < -0.4 is 10.1 Å². The van der Waals surface area contributed by atoms with Crippen molar-refractivity contribution in [3.8, 4) is 5.75 Å². The van der Waals surface area contributed by atoms with Gasteiger partial charge >= 0.3 is 0 Å². The van der Waals surface area contributed by atoms with E-state index < -0.39 is 0 Å². The van der Waals surface area contributed by atoms with Gasteiger partial charge in [0.25, 0.3) is 0 Å². The molecule has 0 spiro atoms. The van der Waals surface area contributed by atoms with E-state index >= 15 is 0 Å². The highest BCUT2D eigenvalue weighted by molar-refractivity contribution is 5.45. The van der Waals surface area contributed by atoms with Crippen LogP contribution in [0.5, 0.6) is 5.75 Å². The van der Waals surface area contributed by atoms with Gasteiger partial charge < -0.3 is 10.1 Å².